The average Bonchev–Trinajstić information content (AvgIpc) is 3.29. The van der Waals surface area contributed by atoms with Gasteiger partial charge in [-0.25, -0.2) is 9.18 Å². The van der Waals surface area contributed by atoms with Crippen molar-refractivity contribution < 1.29 is 18.4 Å². The first-order valence-electron chi connectivity index (χ1n) is 10.2. The van der Waals surface area contributed by atoms with Gasteiger partial charge in [0.15, 0.2) is 5.76 Å². The number of benzene rings is 2. The van der Waals surface area contributed by atoms with Crippen molar-refractivity contribution in [3.8, 4) is 28.7 Å². The molecule has 1 saturated heterocycles. The largest absolute Gasteiger partial charge is 0.465 e. The van der Waals surface area contributed by atoms with Gasteiger partial charge in [0, 0.05) is 29.8 Å². The molecule has 3 aromatic rings. The predicted molar refractivity (Wildman–Crippen MR) is 114 cm³/mol. The molecule has 0 aliphatic carbocycles. The molecule has 0 bridgehead atoms. The van der Waals surface area contributed by atoms with Crippen LogP contribution in [0.1, 0.15) is 42.1 Å². The van der Waals surface area contributed by atoms with E-state index < -0.39 is 11.8 Å². The summed E-state index contributed by atoms with van der Waals surface area (Å²) in [6, 6.07) is 14.2. The van der Waals surface area contributed by atoms with Crippen molar-refractivity contribution in [3.63, 3.8) is 0 Å². The lowest BCUT2D eigenvalue weighted by molar-refractivity contribution is 0.0595. The number of methoxy groups -OCH3 is 1. The van der Waals surface area contributed by atoms with Crippen LogP contribution < -0.4 is 4.90 Å². The van der Waals surface area contributed by atoms with Gasteiger partial charge in [0.1, 0.15) is 17.6 Å². The highest BCUT2D eigenvalue weighted by Gasteiger charge is 2.22. The molecule has 0 amide bonds. The quantitative estimate of drug-likeness (QED) is 0.542. The smallest absolute Gasteiger partial charge is 0.340 e. The summed E-state index contributed by atoms with van der Waals surface area (Å²) in [7, 11) is 1.20. The van der Waals surface area contributed by atoms with E-state index in [1.54, 1.807) is 18.2 Å². The second-order valence-electron chi connectivity index (χ2n) is 7.64. The fourth-order valence-corrected chi connectivity index (χ4v) is 3.98. The summed E-state index contributed by atoms with van der Waals surface area (Å²) < 4.78 is 24.3. The lowest BCUT2D eigenvalue weighted by atomic mass is 9.99. The van der Waals surface area contributed by atoms with Crippen LogP contribution in [-0.2, 0) is 4.74 Å². The van der Waals surface area contributed by atoms with Gasteiger partial charge < -0.3 is 14.2 Å². The molecule has 0 spiro atoms. The molecule has 31 heavy (non-hydrogen) atoms. The molecule has 1 aliphatic rings. The Morgan fingerprint density at radius 2 is 2.03 bits per heavy atom. The Morgan fingerprint density at radius 3 is 2.74 bits per heavy atom. The molecule has 1 aromatic heterocycles. The first-order valence-corrected chi connectivity index (χ1v) is 10.2. The first kappa shape index (κ1) is 20.6. The van der Waals surface area contributed by atoms with E-state index in [1.165, 1.54) is 25.7 Å². The third-order valence-electron chi connectivity index (χ3n) is 5.69. The molecule has 158 valence electrons. The Hall–Kier alpha value is -3.66. The SMILES string of the molecule is COC(=O)c1ccc(-c2cc(-c3ccc(N4CCCCC4C)c(C#N)c3)on2)cc1F. The van der Waals surface area contributed by atoms with E-state index in [2.05, 4.69) is 27.8 Å². The molecule has 0 N–H and O–H groups in total. The van der Waals surface area contributed by atoms with Gasteiger partial charge in [0.25, 0.3) is 0 Å². The number of esters is 1. The zero-order valence-electron chi connectivity index (χ0n) is 17.4. The Kier molecular flexibility index (Phi) is 5.72. The number of hydrogen-bond acceptors (Lipinski definition) is 6. The highest BCUT2D eigenvalue weighted by Crippen LogP contribution is 2.33. The average molecular weight is 419 g/mol. The van der Waals surface area contributed by atoms with Crippen LogP contribution in [0, 0.1) is 17.1 Å². The number of rotatable bonds is 4. The lowest BCUT2D eigenvalue weighted by Crippen LogP contribution is -2.37. The van der Waals surface area contributed by atoms with E-state index in [0.717, 1.165) is 30.6 Å². The zero-order valence-corrected chi connectivity index (χ0v) is 17.4. The molecular weight excluding hydrogens is 397 g/mol. The summed E-state index contributed by atoms with van der Waals surface area (Å²) in [6.45, 7) is 3.12. The van der Waals surface area contributed by atoms with Crippen LogP contribution in [0.4, 0.5) is 10.1 Å². The normalized spacial score (nSPS) is 16.1. The fourth-order valence-electron chi connectivity index (χ4n) is 3.98. The Labute approximate surface area is 179 Å². The third kappa shape index (κ3) is 4.02. The number of halogens is 1. The van der Waals surface area contributed by atoms with Crippen LogP contribution in [0.25, 0.3) is 22.6 Å². The van der Waals surface area contributed by atoms with E-state index >= 15 is 0 Å². The van der Waals surface area contributed by atoms with Gasteiger partial charge in [-0.3, -0.25) is 0 Å². The van der Waals surface area contributed by atoms with Crippen molar-refractivity contribution in [1.82, 2.24) is 5.16 Å². The monoisotopic (exact) mass is 419 g/mol. The molecule has 0 radical (unpaired) electrons. The summed E-state index contributed by atoms with van der Waals surface area (Å²) in [5, 5.41) is 13.7. The maximum absolute atomic E-state index is 14.3. The standard InChI is InChI=1S/C24H22FN3O3/c1-15-5-3-4-10-28(15)22-9-7-17(11-18(22)14-26)23-13-21(27-31-23)16-6-8-19(20(25)12-16)24(29)30-2/h6-9,11-13,15H,3-5,10H2,1-2H3. The number of nitriles is 1. The summed E-state index contributed by atoms with van der Waals surface area (Å²) >= 11 is 0. The molecule has 7 heteroatoms. The van der Waals surface area contributed by atoms with Crippen molar-refractivity contribution in [1.29, 1.82) is 5.26 Å². The Morgan fingerprint density at radius 1 is 1.23 bits per heavy atom. The van der Waals surface area contributed by atoms with Gasteiger partial charge in [-0.2, -0.15) is 5.26 Å². The molecular formula is C24H22FN3O3. The van der Waals surface area contributed by atoms with E-state index in [4.69, 9.17) is 4.52 Å². The Bertz CT molecular complexity index is 1170. The number of nitrogens with zero attached hydrogens (tertiary/aromatic N) is 3. The second-order valence-corrected chi connectivity index (χ2v) is 7.64. The van der Waals surface area contributed by atoms with E-state index in [-0.39, 0.29) is 5.56 Å². The summed E-state index contributed by atoms with van der Waals surface area (Å²) in [6.07, 6.45) is 3.44. The summed E-state index contributed by atoms with van der Waals surface area (Å²) in [4.78, 5) is 13.8. The van der Waals surface area contributed by atoms with Gasteiger partial charge in [-0.1, -0.05) is 11.2 Å². The van der Waals surface area contributed by atoms with Crippen molar-refractivity contribution in [2.24, 2.45) is 0 Å². The lowest BCUT2D eigenvalue weighted by Gasteiger charge is -2.36. The molecule has 2 aromatic carbocycles. The predicted octanol–water partition coefficient (Wildman–Crippen LogP) is 5.18. The third-order valence-corrected chi connectivity index (χ3v) is 5.69. The minimum Gasteiger partial charge on any atom is -0.465 e. The molecule has 1 fully saturated rings. The zero-order chi connectivity index (χ0) is 22.0. The van der Waals surface area contributed by atoms with Crippen LogP contribution in [0.15, 0.2) is 47.0 Å². The van der Waals surface area contributed by atoms with Gasteiger partial charge in [0.05, 0.1) is 23.9 Å². The van der Waals surface area contributed by atoms with Crippen LogP contribution in [-0.4, -0.2) is 30.8 Å². The number of carbonyl (C=O) groups excluding carboxylic acids is 1. The minimum absolute atomic E-state index is 0.142. The fraction of sp³-hybridized carbons (Fsp3) is 0.292. The number of anilines is 1. The first-order chi connectivity index (χ1) is 15.0. The van der Waals surface area contributed by atoms with Gasteiger partial charge in [0.2, 0.25) is 0 Å². The van der Waals surface area contributed by atoms with Gasteiger partial charge >= 0.3 is 5.97 Å². The molecule has 0 saturated carbocycles. The van der Waals surface area contributed by atoms with Crippen molar-refractivity contribution >= 4 is 11.7 Å². The number of hydrogen-bond donors (Lipinski definition) is 0. The molecule has 6 nitrogen and oxygen atoms in total. The van der Waals surface area contributed by atoms with Crippen LogP contribution >= 0.6 is 0 Å². The maximum Gasteiger partial charge on any atom is 0.340 e. The number of ether oxygens (including phenoxy) is 1. The second kappa shape index (κ2) is 8.60. The van der Waals surface area contributed by atoms with Crippen molar-refractivity contribution in [2.45, 2.75) is 32.2 Å². The highest BCUT2D eigenvalue weighted by molar-refractivity contribution is 5.90. The molecule has 2 heterocycles. The minimum atomic E-state index is -0.739. The molecule has 1 aliphatic heterocycles. The van der Waals surface area contributed by atoms with E-state index in [9.17, 15) is 14.4 Å². The Balaban J connectivity index is 1.63. The molecule has 4 rings (SSSR count). The van der Waals surface area contributed by atoms with Crippen LogP contribution in [0.5, 0.6) is 0 Å². The van der Waals surface area contributed by atoms with E-state index in [0.29, 0.717) is 28.6 Å². The van der Waals surface area contributed by atoms with Crippen molar-refractivity contribution in [2.75, 3.05) is 18.6 Å². The van der Waals surface area contributed by atoms with Crippen LogP contribution in [0.3, 0.4) is 0 Å². The van der Waals surface area contributed by atoms with E-state index in [1.807, 2.05) is 12.1 Å². The van der Waals surface area contributed by atoms with Gasteiger partial charge in [-0.05, 0) is 56.5 Å². The highest BCUT2D eigenvalue weighted by atomic mass is 19.1. The number of piperidine rings is 1. The summed E-state index contributed by atoms with van der Waals surface area (Å²) in [5.41, 5.74) is 2.99. The molecule has 1 atom stereocenters. The maximum atomic E-state index is 14.3. The van der Waals surface area contributed by atoms with Crippen molar-refractivity contribution in [3.05, 3.63) is 59.4 Å². The summed E-state index contributed by atoms with van der Waals surface area (Å²) in [5.74, 6) is -0.958. The van der Waals surface area contributed by atoms with Crippen LogP contribution in [0.2, 0.25) is 0 Å². The topological polar surface area (TPSA) is 79.4 Å². The molecule has 1 unspecified atom stereocenters. The number of aromatic nitrogens is 1. The number of carbonyl (C=O) groups is 1. The van der Waals surface area contributed by atoms with Gasteiger partial charge in [-0.15, -0.1) is 0 Å².